The van der Waals surface area contributed by atoms with Crippen LogP contribution in [0.15, 0.2) is 65.9 Å². The maximum atomic E-state index is 13.5. The van der Waals surface area contributed by atoms with Crippen LogP contribution in [-0.4, -0.2) is 80.3 Å². The summed E-state index contributed by atoms with van der Waals surface area (Å²) >= 11 is 0. The Morgan fingerprint density at radius 3 is 1.71 bits per heavy atom. The zero-order valence-electron chi connectivity index (χ0n) is 31.1. The van der Waals surface area contributed by atoms with Crippen molar-refractivity contribution in [1.82, 2.24) is 30.4 Å². The normalized spacial score (nSPS) is 19.8. The highest BCUT2D eigenvalue weighted by Crippen LogP contribution is 2.34. The van der Waals surface area contributed by atoms with Crippen molar-refractivity contribution >= 4 is 34.9 Å². The largest absolute Gasteiger partial charge is 0.344 e. The molecular formula is C41H51N7O4. The van der Waals surface area contributed by atoms with E-state index in [9.17, 15) is 19.2 Å². The first-order valence-electron chi connectivity index (χ1n) is 18.6. The van der Waals surface area contributed by atoms with Crippen molar-refractivity contribution in [3.63, 3.8) is 0 Å². The Balaban J connectivity index is 1.08. The van der Waals surface area contributed by atoms with Crippen LogP contribution < -0.4 is 10.6 Å². The number of benzene rings is 2. The zero-order valence-corrected chi connectivity index (χ0v) is 31.1. The van der Waals surface area contributed by atoms with Gasteiger partial charge in [0, 0.05) is 45.3 Å². The number of allylic oxidation sites excluding steroid dienone is 1. The second-order valence-electron chi connectivity index (χ2n) is 15.0. The number of carbonyl (C=O) groups is 4. The molecule has 52 heavy (non-hydrogen) atoms. The lowest BCUT2D eigenvalue weighted by Gasteiger charge is -2.31. The third-order valence-corrected chi connectivity index (χ3v) is 10.5. The summed E-state index contributed by atoms with van der Waals surface area (Å²) in [6, 6.07) is 15.6. The van der Waals surface area contributed by atoms with Crippen molar-refractivity contribution in [2.45, 2.75) is 97.8 Å². The molecule has 3 aromatic rings. The third-order valence-electron chi connectivity index (χ3n) is 10.5. The Labute approximate surface area is 306 Å². The fraction of sp³-hybridized carbons (Fsp3) is 0.463. The molecule has 2 saturated heterocycles. The Bertz CT molecular complexity index is 1860. The van der Waals surface area contributed by atoms with Gasteiger partial charge in [0.15, 0.2) is 0 Å². The fourth-order valence-corrected chi connectivity index (χ4v) is 7.71. The maximum absolute atomic E-state index is 13.5. The molecule has 4 heterocycles. The van der Waals surface area contributed by atoms with Gasteiger partial charge in [-0.3, -0.25) is 24.2 Å². The molecule has 0 radical (unpaired) electrons. The van der Waals surface area contributed by atoms with Crippen LogP contribution in [-0.2, 0) is 19.2 Å². The molecule has 2 fully saturated rings. The van der Waals surface area contributed by atoms with Gasteiger partial charge in [-0.1, -0.05) is 76.2 Å². The van der Waals surface area contributed by atoms with Crippen LogP contribution in [0.25, 0.3) is 28.0 Å². The average molecular weight is 706 g/mol. The van der Waals surface area contributed by atoms with E-state index in [4.69, 9.17) is 4.99 Å². The standard InChI is InChI=1S/C41H51N7O4/c1-24(2)37(44-26(5)49)40(51)47-19-7-9-35(47)33-21-32(22-42-33)30-13-11-28(12-14-30)29-15-17-31(18-16-29)34-23-43-39(46-34)36-10-8-20-48(36)41(52)38(25(3)4)45-27(6)50/h11-18,22-25,35-38H,7-10,19-21H2,1-6H3,(H,43,46)(H,44,49)(H,45,50)/t35-,36-,37-,38-/m0/s1. The van der Waals surface area contributed by atoms with Gasteiger partial charge >= 0.3 is 0 Å². The number of nitrogens with one attached hydrogen (secondary N) is 3. The predicted molar refractivity (Wildman–Crippen MR) is 203 cm³/mol. The lowest BCUT2D eigenvalue weighted by molar-refractivity contribution is -0.138. The van der Waals surface area contributed by atoms with E-state index in [1.165, 1.54) is 13.8 Å². The molecule has 4 amide bonds. The monoisotopic (exact) mass is 705 g/mol. The number of aliphatic imine (C=N–C) groups is 1. The SMILES string of the molecule is CC(=O)N[C@H](C(=O)N1CCC[C@H]1C1=NC=C(c2ccc(-c3ccc(-c4cnc([C@@H]5CCCN5C(=O)[C@@H](NC(C)=O)C(C)C)[nH]4)cc3)cc2)C1)C(C)C. The molecule has 0 bridgehead atoms. The van der Waals surface area contributed by atoms with Crippen LogP contribution in [0.3, 0.4) is 0 Å². The summed E-state index contributed by atoms with van der Waals surface area (Å²) in [5.41, 5.74) is 7.33. The topological polar surface area (TPSA) is 140 Å². The van der Waals surface area contributed by atoms with Crippen molar-refractivity contribution in [2.24, 2.45) is 16.8 Å². The van der Waals surface area contributed by atoms with E-state index in [1.807, 2.05) is 49.9 Å². The molecule has 0 spiro atoms. The molecule has 2 aromatic carbocycles. The summed E-state index contributed by atoms with van der Waals surface area (Å²) in [7, 11) is 0. The van der Waals surface area contributed by atoms with E-state index >= 15 is 0 Å². The number of nitrogens with zero attached hydrogens (tertiary/aromatic N) is 4. The van der Waals surface area contributed by atoms with Crippen LogP contribution in [0.4, 0.5) is 0 Å². The van der Waals surface area contributed by atoms with E-state index in [0.717, 1.165) is 70.7 Å². The summed E-state index contributed by atoms with van der Waals surface area (Å²) in [5.74, 6) is 0.243. The van der Waals surface area contributed by atoms with Crippen molar-refractivity contribution in [3.8, 4) is 22.4 Å². The highest BCUT2D eigenvalue weighted by atomic mass is 16.2. The summed E-state index contributed by atoms with van der Waals surface area (Å²) < 4.78 is 0. The molecule has 6 rings (SSSR count). The number of aromatic amines is 1. The number of hydrogen-bond donors (Lipinski definition) is 3. The molecule has 0 saturated carbocycles. The number of imidazole rings is 1. The van der Waals surface area contributed by atoms with E-state index in [0.29, 0.717) is 19.5 Å². The minimum absolute atomic E-state index is 0.00207. The van der Waals surface area contributed by atoms with Crippen molar-refractivity contribution in [3.05, 3.63) is 72.3 Å². The molecule has 0 aliphatic carbocycles. The first-order chi connectivity index (χ1) is 24.9. The smallest absolute Gasteiger partial charge is 0.246 e. The maximum Gasteiger partial charge on any atom is 0.246 e. The number of rotatable bonds is 11. The van der Waals surface area contributed by atoms with Gasteiger partial charge in [0.2, 0.25) is 23.6 Å². The zero-order chi connectivity index (χ0) is 37.1. The number of aromatic nitrogens is 2. The van der Waals surface area contributed by atoms with Crippen molar-refractivity contribution in [1.29, 1.82) is 0 Å². The van der Waals surface area contributed by atoms with Crippen LogP contribution in [0, 0.1) is 11.8 Å². The van der Waals surface area contributed by atoms with Gasteiger partial charge in [-0.25, -0.2) is 4.98 Å². The second-order valence-corrected chi connectivity index (χ2v) is 15.0. The molecule has 11 nitrogen and oxygen atoms in total. The van der Waals surface area contributed by atoms with Gasteiger partial charge in [0.1, 0.15) is 17.9 Å². The summed E-state index contributed by atoms with van der Waals surface area (Å²) in [6.07, 6.45) is 7.95. The Morgan fingerprint density at radius 1 is 0.712 bits per heavy atom. The minimum atomic E-state index is -0.560. The van der Waals surface area contributed by atoms with Gasteiger partial charge in [-0.2, -0.15) is 0 Å². The van der Waals surface area contributed by atoms with Gasteiger partial charge in [0.25, 0.3) is 0 Å². The fourth-order valence-electron chi connectivity index (χ4n) is 7.71. The molecule has 3 aliphatic rings. The van der Waals surface area contributed by atoms with Gasteiger partial charge < -0.3 is 25.4 Å². The highest BCUT2D eigenvalue weighted by Gasteiger charge is 2.39. The number of hydrogen-bond acceptors (Lipinski definition) is 6. The summed E-state index contributed by atoms with van der Waals surface area (Å²) in [6.45, 7) is 12.0. The molecular weight excluding hydrogens is 654 g/mol. The molecule has 11 heteroatoms. The number of likely N-dealkylation sites (tertiary alicyclic amines) is 2. The lowest BCUT2D eigenvalue weighted by atomic mass is 9.95. The summed E-state index contributed by atoms with van der Waals surface area (Å²) in [5, 5.41) is 5.68. The predicted octanol–water partition coefficient (Wildman–Crippen LogP) is 5.91. The molecule has 0 unspecified atom stereocenters. The number of amides is 4. The van der Waals surface area contributed by atoms with Gasteiger partial charge in [0.05, 0.1) is 24.0 Å². The number of H-pyrrole nitrogens is 1. The first kappa shape index (κ1) is 36.7. The molecule has 3 N–H and O–H groups in total. The van der Waals surface area contributed by atoms with Crippen LogP contribution in [0.1, 0.15) is 91.1 Å². The van der Waals surface area contributed by atoms with E-state index in [2.05, 4.69) is 69.1 Å². The summed E-state index contributed by atoms with van der Waals surface area (Å²) in [4.78, 5) is 67.2. The third kappa shape index (κ3) is 7.88. The van der Waals surface area contributed by atoms with E-state index in [1.54, 1.807) is 0 Å². The van der Waals surface area contributed by atoms with E-state index in [-0.39, 0.29) is 47.5 Å². The molecule has 1 aromatic heterocycles. The van der Waals surface area contributed by atoms with Gasteiger partial charge in [-0.05, 0) is 65.3 Å². The molecule has 274 valence electrons. The molecule has 4 atom stereocenters. The number of carbonyl (C=O) groups excluding carboxylic acids is 4. The minimum Gasteiger partial charge on any atom is -0.344 e. The highest BCUT2D eigenvalue weighted by molar-refractivity contribution is 6.04. The Hall–Kier alpha value is -5.06. The van der Waals surface area contributed by atoms with Crippen molar-refractivity contribution < 1.29 is 19.2 Å². The molecule has 3 aliphatic heterocycles. The second kappa shape index (κ2) is 15.7. The first-order valence-corrected chi connectivity index (χ1v) is 18.6. The van der Waals surface area contributed by atoms with Gasteiger partial charge in [-0.15, -0.1) is 0 Å². The van der Waals surface area contributed by atoms with E-state index < -0.39 is 12.1 Å². The quantitative estimate of drug-likeness (QED) is 0.228. The lowest BCUT2D eigenvalue weighted by Crippen LogP contribution is -2.53. The Kier molecular flexibility index (Phi) is 11.1. The van der Waals surface area contributed by atoms with Crippen LogP contribution in [0.2, 0.25) is 0 Å². The van der Waals surface area contributed by atoms with Crippen molar-refractivity contribution in [2.75, 3.05) is 13.1 Å². The Morgan fingerprint density at radius 2 is 1.19 bits per heavy atom. The van der Waals surface area contributed by atoms with Crippen LogP contribution >= 0.6 is 0 Å². The van der Waals surface area contributed by atoms with Crippen LogP contribution in [0.5, 0.6) is 0 Å². The average Bonchev–Trinajstić information content (AvgIpc) is 3.95.